The van der Waals surface area contributed by atoms with E-state index in [9.17, 15) is 0 Å². The summed E-state index contributed by atoms with van der Waals surface area (Å²) in [4.78, 5) is 27.5. The molecule has 0 aliphatic carbocycles. The van der Waals surface area contributed by atoms with Crippen molar-refractivity contribution in [1.29, 1.82) is 0 Å². The van der Waals surface area contributed by atoms with Crippen molar-refractivity contribution in [3.8, 4) is 0 Å². The van der Waals surface area contributed by atoms with Crippen LogP contribution in [0, 0.1) is 0 Å². The van der Waals surface area contributed by atoms with E-state index in [2.05, 4.69) is 35.1 Å². The van der Waals surface area contributed by atoms with Crippen molar-refractivity contribution in [2.45, 2.75) is 135 Å². The van der Waals surface area contributed by atoms with E-state index < -0.39 is 8.80 Å². The zero-order valence-electron chi connectivity index (χ0n) is 24.7. The van der Waals surface area contributed by atoms with Crippen molar-refractivity contribution in [3.05, 3.63) is 0 Å². The average molecular weight is 519 g/mol. The highest BCUT2D eigenvalue weighted by Crippen LogP contribution is 2.15. The lowest BCUT2D eigenvalue weighted by Crippen LogP contribution is -2.44. The fourth-order valence-electron chi connectivity index (χ4n) is 5.14. The Morgan fingerprint density at radius 2 is 0.657 bits per heavy atom. The van der Waals surface area contributed by atoms with E-state index in [0.717, 1.165) is 22.1 Å². The van der Waals surface area contributed by atoms with Gasteiger partial charge in [0.2, 0.25) is 0 Å². The second kappa shape index (κ2) is 21.0. The zero-order chi connectivity index (χ0) is 26.5. The maximum Gasteiger partial charge on any atom is 0.492 e. The molecule has 0 aromatic heterocycles. The van der Waals surface area contributed by atoms with Crippen LogP contribution in [0.25, 0.3) is 0 Å². The highest BCUT2D eigenvalue weighted by atomic mass is 28.4. The lowest BCUT2D eigenvalue weighted by molar-refractivity contribution is -0.897. The molecule has 0 spiro atoms. The first kappa shape index (κ1) is 35.0. The molecule has 0 aromatic carbocycles. The molecule has 0 unspecified atom stereocenters. The van der Waals surface area contributed by atoms with E-state index in [-0.39, 0.29) is 6.04 Å². The highest BCUT2D eigenvalue weighted by Gasteiger charge is 2.27. The number of unbranched alkanes of at least 4 members (excludes halogenated alkanes) is 16. The van der Waals surface area contributed by atoms with Gasteiger partial charge in [-0.05, 0) is 12.8 Å². The van der Waals surface area contributed by atoms with Gasteiger partial charge in [0.1, 0.15) is 0 Å². The van der Waals surface area contributed by atoms with E-state index in [1.165, 1.54) is 129 Å². The van der Waals surface area contributed by atoms with Crippen molar-refractivity contribution >= 4 is 8.80 Å². The average Bonchev–Trinajstić information content (AvgIpc) is 2.75. The predicted molar refractivity (Wildman–Crippen MR) is 154 cm³/mol. The Hall–Kier alpha value is 0.0169. The number of rotatable bonds is 26. The summed E-state index contributed by atoms with van der Waals surface area (Å²) in [5, 5.41) is 0. The largest absolute Gasteiger partial charge is 0.492 e. The molecule has 0 bridgehead atoms. The minimum Gasteiger partial charge on any atom is -0.390 e. The molecule has 0 rings (SSSR count). The standard InChI is InChI=1S/C29H66N2O3Si/c1-6-7-8-9-10-11-12-13-14-15-16-17-18-19-20-21-25-30(2,3)26-22-23-27-31(4,5)28-24-29-35(32,33)34/h32-34H,6-29H2,1-5H3/q+2. The minimum atomic E-state index is -3.87. The molecule has 0 saturated heterocycles. The maximum atomic E-state index is 9.17. The van der Waals surface area contributed by atoms with Crippen LogP contribution < -0.4 is 0 Å². The summed E-state index contributed by atoms with van der Waals surface area (Å²) in [5.74, 6) is 0. The van der Waals surface area contributed by atoms with Crippen LogP contribution in [0.5, 0.6) is 0 Å². The van der Waals surface area contributed by atoms with Gasteiger partial charge in [-0.3, -0.25) is 0 Å². The topological polar surface area (TPSA) is 60.7 Å². The smallest absolute Gasteiger partial charge is 0.390 e. The van der Waals surface area contributed by atoms with E-state index in [4.69, 9.17) is 14.4 Å². The molecule has 0 amide bonds. The molecular formula is C29H66N2O3Si+2. The van der Waals surface area contributed by atoms with Crippen molar-refractivity contribution in [3.63, 3.8) is 0 Å². The van der Waals surface area contributed by atoms with E-state index >= 15 is 0 Å². The van der Waals surface area contributed by atoms with Gasteiger partial charge in [0.05, 0.1) is 54.4 Å². The summed E-state index contributed by atoms with van der Waals surface area (Å²) >= 11 is 0. The first-order valence-electron chi connectivity index (χ1n) is 15.3. The van der Waals surface area contributed by atoms with Crippen LogP contribution in [0.15, 0.2) is 0 Å². The summed E-state index contributed by atoms with van der Waals surface area (Å²) in [7, 11) is 5.28. The third-order valence-corrected chi connectivity index (χ3v) is 8.69. The van der Waals surface area contributed by atoms with Crippen LogP contribution >= 0.6 is 0 Å². The van der Waals surface area contributed by atoms with Crippen LogP contribution in [0.1, 0.15) is 129 Å². The molecule has 0 heterocycles. The van der Waals surface area contributed by atoms with Crippen molar-refractivity contribution < 1.29 is 23.4 Å². The molecule has 212 valence electrons. The molecule has 0 aliphatic rings. The van der Waals surface area contributed by atoms with Crippen molar-refractivity contribution in [2.75, 3.05) is 54.4 Å². The lowest BCUT2D eigenvalue weighted by Gasteiger charge is -2.32. The second-order valence-electron chi connectivity index (χ2n) is 12.7. The summed E-state index contributed by atoms with van der Waals surface area (Å²) in [5.41, 5.74) is 0. The van der Waals surface area contributed by atoms with E-state index in [1.54, 1.807) is 0 Å². The van der Waals surface area contributed by atoms with E-state index in [1.807, 2.05) is 0 Å². The van der Waals surface area contributed by atoms with Gasteiger partial charge in [0.15, 0.2) is 0 Å². The highest BCUT2D eigenvalue weighted by molar-refractivity contribution is 6.56. The number of hydrogen-bond acceptors (Lipinski definition) is 3. The summed E-state index contributed by atoms with van der Waals surface area (Å²) in [6.07, 6.45) is 25.9. The molecule has 0 aromatic rings. The summed E-state index contributed by atoms with van der Waals surface area (Å²) < 4.78 is 2.01. The predicted octanol–water partition coefficient (Wildman–Crippen LogP) is 6.49. The first-order chi connectivity index (χ1) is 16.5. The second-order valence-corrected chi connectivity index (χ2v) is 14.7. The first-order valence-corrected chi connectivity index (χ1v) is 17.3. The third-order valence-electron chi connectivity index (χ3n) is 7.67. The van der Waals surface area contributed by atoms with Gasteiger partial charge in [-0.25, -0.2) is 0 Å². The van der Waals surface area contributed by atoms with Crippen molar-refractivity contribution in [2.24, 2.45) is 0 Å². The van der Waals surface area contributed by atoms with Gasteiger partial charge in [0, 0.05) is 25.3 Å². The Bertz CT molecular complexity index is 467. The van der Waals surface area contributed by atoms with Gasteiger partial charge in [0.25, 0.3) is 0 Å². The normalized spacial score (nSPS) is 13.0. The molecule has 0 saturated carbocycles. The Balaban J connectivity index is 3.52. The Morgan fingerprint density at radius 3 is 0.971 bits per heavy atom. The summed E-state index contributed by atoms with van der Waals surface area (Å²) in [6.45, 7) is 6.80. The number of nitrogens with zero attached hydrogens (tertiary/aromatic N) is 2. The molecule has 35 heavy (non-hydrogen) atoms. The Morgan fingerprint density at radius 1 is 0.400 bits per heavy atom. The molecule has 0 atom stereocenters. The molecular weight excluding hydrogens is 452 g/mol. The molecule has 0 aliphatic heterocycles. The van der Waals surface area contributed by atoms with Gasteiger partial charge < -0.3 is 23.4 Å². The third kappa shape index (κ3) is 26.9. The van der Waals surface area contributed by atoms with Gasteiger partial charge in [-0.15, -0.1) is 0 Å². The van der Waals surface area contributed by atoms with Crippen LogP contribution in [0.4, 0.5) is 0 Å². The quantitative estimate of drug-likeness (QED) is 0.0697. The number of quaternary nitrogens is 2. The van der Waals surface area contributed by atoms with E-state index in [0.29, 0.717) is 6.42 Å². The van der Waals surface area contributed by atoms with Gasteiger partial charge in [-0.2, -0.15) is 0 Å². The zero-order valence-corrected chi connectivity index (χ0v) is 25.7. The maximum absolute atomic E-state index is 9.17. The number of hydrogen-bond donors (Lipinski definition) is 3. The fourth-order valence-corrected chi connectivity index (χ4v) is 5.77. The lowest BCUT2D eigenvalue weighted by atomic mass is 10.0. The van der Waals surface area contributed by atoms with Gasteiger partial charge in [-0.1, -0.05) is 96.8 Å². The monoisotopic (exact) mass is 518 g/mol. The van der Waals surface area contributed by atoms with Crippen LogP contribution in [-0.4, -0.2) is 86.5 Å². The minimum absolute atomic E-state index is 0.151. The fraction of sp³-hybridized carbons (Fsp3) is 1.00. The Kier molecular flexibility index (Phi) is 21.0. The molecule has 3 N–H and O–H groups in total. The van der Waals surface area contributed by atoms with Crippen molar-refractivity contribution in [1.82, 2.24) is 0 Å². The summed E-state index contributed by atoms with van der Waals surface area (Å²) in [6, 6.07) is 0.151. The van der Waals surface area contributed by atoms with Crippen LogP contribution in [0.3, 0.4) is 0 Å². The molecule has 0 fully saturated rings. The SMILES string of the molecule is CCCCCCCCCCCCCCCCCC[N+](C)(C)CCCC[N+](C)(C)CCC[Si](O)(O)O. The molecule has 6 heteroatoms. The molecule has 0 radical (unpaired) electrons. The molecule has 5 nitrogen and oxygen atoms in total. The Labute approximate surface area is 221 Å². The van der Waals surface area contributed by atoms with Crippen LogP contribution in [0.2, 0.25) is 6.04 Å². The van der Waals surface area contributed by atoms with Gasteiger partial charge >= 0.3 is 8.80 Å². The van der Waals surface area contributed by atoms with Crippen LogP contribution in [-0.2, 0) is 0 Å².